The maximum atomic E-state index is 12.2. The predicted octanol–water partition coefficient (Wildman–Crippen LogP) is 2.23. The lowest BCUT2D eigenvalue weighted by atomic mass is 9.76. The third-order valence-electron chi connectivity index (χ3n) is 3.93. The molecule has 0 aromatic carbocycles. The second-order valence-corrected chi connectivity index (χ2v) is 5.57. The van der Waals surface area contributed by atoms with E-state index in [0.29, 0.717) is 18.2 Å². The molecular weight excluding hydrogens is 228 g/mol. The van der Waals surface area contributed by atoms with Gasteiger partial charge in [0.05, 0.1) is 11.8 Å². The molecule has 1 fully saturated rings. The van der Waals surface area contributed by atoms with Crippen molar-refractivity contribution in [2.75, 3.05) is 6.54 Å². The Labute approximate surface area is 108 Å². The van der Waals surface area contributed by atoms with Gasteiger partial charge in [0.1, 0.15) is 0 Å². The fourth-order valence-electron chi connectivity index (χ4n) is 2.91. The molecule has 1 heterocycles. The summed E-state index contributed by atoms with van der Waals surface area (Å²) in [6.45, 7) is 4.58. The third-order valence-corrected chi connectivity index (χ3v) is 3.93. The molecule has 0 aliphatic heterocycles. The van der Waals surface area contributed by atoms with Crippen molar-refractivity contribution in [2.24, 2.45) is 11.7 Å². The van der Waals surface area contributed by atoms with Crippen LogP contribution in [0.4, 0.5) is 0 Å². The zero-order valence-electron chi connectivity index (χ0n) is 11.2. The van der Waals surface area contributed by atoms with Gasteiger partial charge in [-0.2, -0.15) is 0 Å². The molecule has 4 nitrogen and oxygen atoms in total. The molecule has 2 rings (SSSR count). The van der Waals surface area contributed by atoms with E-state index in [0.717, 1.165) is 24.8 Å². The Bertz CT molecular complexity index is 427. The van der Waals surface area contributed by atoms with Gasteiger partial charge in [0, 0.05) is 12.1 Å². The second kappa shape index (κ2) is 5.14. The number of nitrogens with two attached hydrogens (primary N) is 1. The van der Waals surface area contributed by atoms with Gasteiger partial charge in [0.2, 0.25) is 0 Å². The van der Waals surface area contributed by atoms with Crippen molar-refractivity contribution >= 4 is 5.91 Å². The monoisotopic (exact) mass is 250 g/mol. The van der Waals surface area contributed by atoms with Crippen molar-refractivity contribution < 1.29 is 9.21 Å². The minimum absolute atomic E-state index is 0.142. The van der Waals surface area contributed by atoms with Gasteiger partial charge >= 0.3 is 0 Å². The van der Waals surface area contributed by atoms with E-state index in [1.165, 1.54) is 6.42 Å². The Morgan fingerprint density at radius 2 is 2.44 bits per heavy atom. The minimum atomic E-state index is -0.256. The fraction of sp³-hybridized carbons (Fsp3) is 0.643. The first-order valence-corrected chi connectivity index (χ1v) is 6.63. The summed E-state index contributed by atoms with van der Waals surface area (Å²) in [7, 11) is 0. The molecular formula is C14H22N2O2. The molecule has 2 atom stereocenters. The first kappa shape index (κ1) is 13.1. The van der Waals surface area contributed by atoms with E-state index in [1.807, 2.05) is 6.92 Å². The van der Waals surface area contributed by atoms with Crippen LogP contribution in [0, 0.1) is 12.8 Å². The lowest BCUT2D eigenvalue weighted by Crippen LogP contribution is -2.56. The molecule has 0 saturated heterocycles. The summed E-state index contributed by atoms with van der Waals surface area (Å²) in [6, 6.07) is 1.80. The summed E-state index contributed by atoms with van der Waals surface area (Å²) in [6.07, 6.45) is 5.80. The van der Waals surface area contributed by atoms with E-state index in [4.69, 9.17) is 10.2 Å². The number of hydrogen-bond donors (Lipinski definition) is 2. The fourth-order valence-corrected chi connectivity index (χ4v) is 2.91. The highest BCUT2D eigenvalue weighted by molar-refractivity contribution is 5.93. The normalized spacial score (nSPS) is 28.1. The van der Waals surface area contributed by atoms with Crippen LogP contribution in [0.1, 0.15) is 48.7 Å². The predicted molar refractivity (Wildman–Crippen MR) is 70.3 cm³/mol. The molecule has 0 spiro atoms. The van der Waals surface area contributed by atoms with Gasteiger partial charge in [-0.15, -0.1) is 0 Å². The zero-order valence-corrected chi connectivity index (χ0v) is 11.2. The average molecular weight is 250 g/mol. The van der Waals surface area contributed by atoms with Crippen molar-refractivity contribution in [3.05, 3.63) is 23.7 Å². The lowest BCUT2D eigenvalue weighted by Gasteiger charge is -2.39. The highest BCUT2D eigenvalue weighted by atomic mass is 16.3. The Kier molecular flexibility index (Phi) is 3.76. The van der Waals surface area contributed by atoms with E-state index >= 15 is 0 Å². The Morgan fingerprint density at radius 3 is 3.00 bits per heavy atom. The smallest absolute Gasteiger partial charge is 0.287 e. The minimum Gasteiger partial charge on any atom is -0.459 e. The Hall–Kier alpha value is -1.29. The molecule has 3 N–H and O–H groups in total. The summed E-state index contributed by atoms with van der Waals surface area (Å²) in [5.74, 6) is 0.874. The van der Waals surface area contributed by atoms with Crippen molar-refractivity contribution in [2.45, 2.75) is 45.1 Å². The maximum Gasteiger partial charge on any atom is 0.287 e. The molecule has 1 amide bonds. The molecule has 1 aliphatic carbocycles. The topological polar surface area (TPSA) is 68.3 Å². The average Bonchev–Trinajstić information content (AvgIpc) is 2.75. The first-order chi connectivity index (χ1) is 8.56. The van der Waals surface area contributed by atoms with Gasteiger partial charge in [-0.1, -0.05) is 19.8 Å². The van der Waals surface area contributed by atoms with Gasteiger partial charge in [0.15, 0.2) is 5.76 Å². The van der Waals surface area contributed by atoms with Crippen LogP contribution >= 0.6 is 0 Å². The van der Waals surface area contributed by atoms with Crippen LogP contribution in [0.5, 0.6) is 0 Å². The van der Waals surface area contributed by atoms with Crippen molar-refractivity contribution in [3.8, 4) is 0 Å². The SMILES string of the molecule is Cc1ccoc1C(=O)NC1(CN)CCCC(C)C1. The Balaban J connectivity index is 2.11. The molecule has 0 radical (unpaired) electrons. The first-order valence-electron chi connectivity index (χ1n) is 6.63. The summed E-state index contributed by atoms with van der Waals surface area (Å²) < 4.78 is 5.23. The van der Waals surface area contributed by atoms with Crippen LogP contribution < -0.4 is 11.1 Å². The molecule has 1 aromatic heterocycles. The standard InChI is InChI=1S/C14H22N2O2/c1-10-4-3-6-14(8-10,9-15)16-13(17)12-11(2)5-7-18-12/h5,7,10H,3-4,6,8-9,15H2,1-2H3,(H,16,17). The summed E-state index contributed by atoms with van der Waals surface area (Å²) in [5, 5.41) is 3.10. The number of carbonyl (C=O) groups is 1. The van der Waals surface area contributed by atoms with Crippen LogP contribution in [0.2, 0.25) is 0 Å². The van der Waals surface area contributed by atoms with Gasteiger partial charge in [-0.3, -0.25) is 4.79 Å². The second-order valence-electron chi connectivity index (χ2n) is 5.57. The van der Waals surface area contributed by atoms with Gasteiger partial charge in [-0.05, 0) is 31.7 Å². The van der Waals surface area contributed by atoms with Crippen molar-refractivity contribution in [1.82, 2.24) is 5.32 Å². The number of furan rings is 1. The van der Waals surface area contributed by atoms with Crippen molar-refractivity contribution in [3.63, 3.8) is 0 Å². The number of amides is 1. The molecule has 1 aromatic rings. The highest BCUT2D eigenvalue weighted by Crippen LogP contribution is 2.32. The summed E-state index contributed by atoms with van der Waals surface area (Å²) in [4.78, 5) is 12.2. The highest BCUT2D eigenvalue weighted by Gasteiger charge is 2.36. The number of rotatable bonds is 3. The third kappa shape index (κ3) is 2.58. The molecule has 100 valence electrons. The van der Waals surface area contributed by atoms with Crippen LogP contribution in [-0.2, 0) is 0 Å². The van der Waals surface area contributed by atoms with E-state index in [-0.39, 0.29) is 11.4 Å². The summed E-state index contributed by atoms with van der Waals surface area (Å²) >= 11 is 0. The van der Waals surface area contributed by atoms with Crippen LogP contribution in [0.15, 0.2) is 16.7 Å². The van der Waals surface area contributed by atoms with E-state index in [9.17, 15) is 4.79 Å². The molecule has 18 heavy (non-hydrogen) atoms. The van der Waals surface area contributed by atoms with Crippen LogP contribution in [0.25, 0.3) is 0 Å². The van der Waals surface area contributed by atoms with Gasteiger partial charge in [-0.25, -0.2) is 0 Å². The zero-order chi connectivity index (χ0) is 13.2. The lowest BCUT2D eigenvalue weighted by molar-refractivity contribution is 0.0824. The molecule has 1 saturated carbocycles. The Morgan fingerprint density at radius 1 is 1.67 bits per heavy atom. The van der Waals surface area contributed by atoms with E-state index in [2.05, 4.69) is 12.2 Å². The number of aryl methyl sites for hydroxylation is 1. The van der Waals surface area contributed by atoms with Gasteiger partial charge in [0.25, 0.3) is 5.91 Å². The molecule has 1 aliphatic rings. The summed E-state index contributed by atoms with van der Waals surface area (Å²) in [5.41, 5.74) is 6.50. The van der Waals surface area contributed by atoms with E-state index < -0.39 is 0 Å². The van der Waals surface area contributed by atoms with E-state index in [1.54, 1.807) is 12.3 Å². The number of carbonyl (C=O) groups excluding carboxylic acids is 1. The number of hydrogen-bond acceptors (Lipinski definition) is 3. The molecule has 4 heteroatoms. The van der Waals surface area contributed by atoms with Crippen molar-refractivity contribution in [1.29, 1.82) is 0 Å². The van der Waals surface area contributed by atoms with Crippen LogP contribution in [-0.4, -0.2) is 18.0 Å². The number of nitrogens with one attached hydrogen (secondary N) is 1. The molecule has 0 bridgehead atoms. The quantitative estimate of drug-likeness (QED) is 0.864. The van der Waals surface area contributed by atoms with Crippen LogP contribution in [0.3, 0.4) is 0 Å². The molecule has 2 unspecified atom stereocenters. The maximum absolute atomic E-state index is 12.2. The van der Waals surface area contributed by atoms with Gasteiger partial charge < -0.3 is 15.5 Å². The largest absolute Gasteiger partial charge is 0.459 e.